The summed E-state index contributed by atoms with van der Waals surface area (Å²) in [4.78, 5) is -0.191. The molecule has 0 spiro atoms. The first-order valence-corrected chi connectivity index (χ1v) is 4.80. The van der Waals surface area contributed by atoms with Crippen molar-refractivity contribution in [3.05, 3.63) is 24.3 Å². The zero-order valence-corrected chi connectivity index (χ0v) is 7.49. The molecule has 0 aromatic heterocycles. The van der Waals surface area contributed by atoms with Crippen molar-refractivity contribution in [3.63, 3.8) is 0 Å². The summed E-state index contributed by atoms with van der Waals surface area (Å²) in [5, 5.41) is 0.845. The molecule has 0 aliphatic rings. The van der Waals surface area contributed by atoms with Gasteiger partial charge in [0.05, 0.1) is 4.90 Å². The van der Waals surface area contributed by atoms with E-state index in [4.69, 9.17) is 0 Å². The highest BCUT2D eigenvalue weighted by Crippen LogP contribution is 2.05. The normalized spacial score (nSPS) is 11.5. The Labute approximate surface area is 67.4 Å². The second-order valence-corrected chi connectivity index (χ2v) is 4.07. The van der Waals surface area contributed by atoms with Crippen molar-refractivity contribution in [2.45, 2.75) is 4.90 Å². The van der Waals surface area contributed by atoms with E-state index in [0.717, 1.165) is 5.30 Å². The van der Waals surface area contributed by atoms with E-state index < -0.39 is 10.1 Å². The lowest BCUT2D eigenvalue weighted by Gasteiger charge is -2.05. The highest BCUT2D eigenvalue weighted by atomic mass is 32.2. The minimum atomic E-state index is -4.28. The van der Waals surface area contributed by atoms with Crippen LogP contribution in [0.5, 0.6) is 0 Å². The van der Waals surface area contributed by atoms with E-state index in [1.165, 1.54) is 12.1 Å². The highest BCUT2D eigenvalue weighted by Gasteiger charge is 1.97. The van der Waals surface area contributed by atoms with Gasteiger partial charge < -0.3 is 4.55 Å². The maximum Gasteiger partial charge on any atom is 0.124 e. The van der Waals surface area contributed by atoms with E-state index in [0.29, 0.717) is 0 Å². The van der Waals surface area contributed by atoms with Crippen molar-refractivity contribution in [1.29, 1.82) is 0 Å². The molecule has 0 saturated heterocycles. The molecule has 1 unspecified atom stereocenters. The second kappa shape index (κ2) is 2.89. The Bertz CT molecular complexity index is 341. The lowest BCUT2D eigenvalue weighted by atomic mass is 10.4. The molecule has 0 radical (unpaired) electrons. The summed E-state index contributed by atoms with van der Waals surface area (Å²) in [5.41, 5.74) is 0. The number of benzene rings is 1. The fourth-order valence-electron chi connectivity index (χ4n) is 0.634. The molecule has 0 amide bonds. The van der Waals surface area contributed by atoms with E-state index in [1.54, 1.807) is 12.1 Å². The summed E-state index contributed by atoms with van der Waals surface area (Å²) in [7, 11) is -1.88. The van der Waals surface area contributed by atoms with Gasteiger partial charge in [-0.1, -0.05) is 12.1 Å². The largest absolute Gasteiger partial charge is 0.744 e. The first-order valence-electron chi connectivity index (χ1n) is 2.81. The Morgan fingerprint density at radius 2 is 1.64 bits per heavy atom. The fraction of sp³-hybridized carbons (Fsp3) is 0. The molecule has 1 aromatic carbocycles. The van der Waals surface area contributed by atoms with Crippen molar-refractivity contribution in [2.24, 2.45) is 0 Å². The van der Waals surface area contributed by atoms with E-state index >= 15 is 0 Å². The molecule has 0 aliphatic heterocycles. The lowest BCUT2D eigenvalue weighted by Crippen LogP contribution is -1.99. The van der Waals surface area contributed by atoms with Gasteiger partial charge in [0.15, 0.2) is 0 Å². The van der Waals surface area contributed by atoms with Crippen LogP contribution in [-0.4, -0.2) is 13.0 Å². The van der Waals surface area contributed by atoms with Crippen molar-refractivity contribution in [1.82, 2.24) is 0 Å². The van der Waals surface area contributed by atoms with E-state index in [9.17, 15) is 13.0 Å². The third kappa shape index (κ3) is 2.26. The zero-order valence-electron chi connectivity index (χ0n) is 5.52. The van der Waals surface area contributed by atoms with Crippen LogP contribution >= 0.6 is 9.24 Å². The van der Waals surface area contributed by atoms with Crippen LogP contribution in [0.2, 0.25) is 0 Å². The van der Waals surface area contributed by atoms with Crippen LogP contribution in [0.15, 0.2) is 29.2 Å². The highest BCUT2D eigenvalue weighted by molar-refractivity contribution is 7.85. The van der Waals surface area contributed by atoms with E-state index in [1.807, 2.05) is 0 Å². The van der Waals surface area contributed by atoms with E-state index in [2.05, 4.69) is 9.24 Å². The maximum absolute atomic E-state index is 10.4. The minimum Gasteiger partial charge on any atom is -0.744 e. The van der Waals surface area contributed by atoms with Crippen LogP contribution in [0.4, 0.5) is 0 Å². The van der Waals surface area contributed by atoms with Gasteiger partial charge in [0.2, 0.25) is 0 Å². The molecule has 3 nitrogen and oxygen atoms in total. The summed E-state index contributed by atoms with van der Waals surface area (Å²) in [6, 6.07) is 5.67. The van der Waals surface area contributed by atoms with Crippen LogP contribution in [-0.2, 0) is 10.1 Å². The third-order valence-corrected chi connectivity index (χ3v) is 2.40. The Balaban J connectivity index is 3.20. The average Bonchev–Trinajstić information content (AvgIpc) is 1.86. The molecule has 0 saturated carbocycles. The molecule has 5 heteroatoms. The molecule has 11 heavy (non-hydrogen) atoms. The fourth-order valence-corrected chi connectivity index (χ4v) is 1.30. The molecule has 0 heterocycles. The molecule has 1 aromatic rings. The monoisotopic (exact) mass is 189 g/mol. The standard InChI is InChI=1S/C6H7O3PS/c7-11(8,9)6-3-1-5(10)2-4-6/h1-4H,10H2,(H,7,8,9)/p-1. The molecule has 0 aliphatic carbocycles. The Hall–Kier alpha value is -0.440. The van der Waals surface area contributed by atoms with Gasteiger partial charge in [-0.05, 0) is 17.4 Å². The van der Waals surface area contributed by atoms with Gasteiger partial charge in [0.25, 0.3) is 0 Å². The van der Waals surface area contributed by atoms with Crippen molar-refractivity contribution < 1.29 is 13.0 Å². The maximum atomic E-state index is 10.4. The summed E-state index contributed by atoms with van der Waals surface area (Å²) in [5.74, 6) is 0. The quantitative estimate of drug-likeness (QED) is 0.464. The zero-order chi connectivity index (χ0) is 8.48. The van der Waals surface area contributed by atoms with E-state index in [-0.39, 0.29) is 4.90 Å². The van der Waals surface area contributed by atoms with Crippen LogP contribution in [0.1, 0.15) is 0 Å². The first-order chi connectivity index (χ1) is 5.00. The molecule has 0 fully saturated rings. The predicted molar refractivity (Wildman–Crippen MR) is 43.7 cm³/mol. The SMILES string of the molecule is O=S(=O)([O-])c1ccc(P)cc1. The van der Waals surface area contributed by atoms with Gasteiger partial charge in [-0.25, -0.2) is 8.42 Å². The summed E-state index contributed by atoms with van der Waals surface area (Å²) in [6.07, 6.45) is 0. The predicted octanol–water partition coefficient (Wildman–Crippen LogP) is 0.0911. The van der Waals surface area contributed by atoms with Gasteiger partial charge in [0, 0.05) is 0 Å². The molecule has 60 valence electrons. The first kappa shape index (κ1) is 8.65. The van der Waals surface area contributed by atoms with Crippen LogP contribution in [0, 0.1) is 0 Å². The number of hydrogen-bond donors (Lipinski definition) is 0. The molecule has 0 N–H and O–H groups in total. The number of rotatable bonds is 1. The van der Waals surface area contributed by atoms with Crippen LogP contribution in [0.25, 0.3) is 0 Å². The smallest absolute Gasteiger partial charge is 0.124 e. The second-order valence-electron chi connectivity index (χ2n) is 2.02. The van der Waals surface area contributed by atoms with Gasteiger partial charge in [-0.2, -0.15) is 0 Å². The van der Waals surface area contributed by atoms with Crippen LogP contribution in [0.3, 0.4) is 0 Å². The average molecular weight is 189 g/mol. The topological polar surface area (TPSA) is 57.2 Å². The number of hydrogen-bond acceptors (Lipinski definition) is 3. The Kier molecular flexibility index (Phi) is 2.28. The molecular weight excluding hydrogens is 183 g/mol. The van der Waals surface area contributed by atoms with Gasteiger partial charge in [-0.3, -0.25) is 0 Å². The minimum absolute atomic E-state index is 0.191. The molecule has 1 rings (SSSR count). The molecular formula is C6H6O3PS-. The summed E-state index contributed by atoms with van der Waals surface area (Å²) in [6.45, 7) is 0. The lowest BCUT2D eigenvalue weighted by molar-refractivity contribution is 0.463. The van der Waals surface area contributed by atoms with Crippen molar-refractivity contribution in [3.8, 4) is 0 Å². The van der Waals surface area contributed by atoms with Crippen molar-refractivity contribution in [2.75, 3.05) is 0 Å². The summed E-state index contributed by atoms with van der Waals surface area (Å²) < 4.78 is 31.1. The van der Waals surface area contributed by atoms with Crippen LogP contribution < -0.4 is 5.30 Å². The molecule has 0 bridgehead atoms. The van der Waals surface area contributed by atoms with Gasteiger partial charge >= 0.3 is 0 Å². The Morgan fingerprint density at radius 3 is 2.00 bits per heavy atom. The Morgan fingerprint density at radius 1 is 1.18 bits per heavy atom. The third-order valence-electron chi connectivity index (χ3n) is 1.17. The van der Waals surface area contributed by atoms with Gasteiger partial charge in [0.1, 0.15) is 10.1 Å². The molecule has 1 atom stereocenters. The summed E-state index contributed by atoms with van der Waals surface area (Å²) >= 11 is 0. The van der Waals surface area contributed by atoms with Crippen molar-refractivity contribution >= 4 is 24.7 Å². The van der Waals surface area contributed by atoms with Gasteiger partial charge in [-0.15, -0.1) is 9.24 Å².